The average Bonchev–Trinajstić information content (AvgIpc) is 3.11. The van der Waals surface area contributed by atoms with E-state index in [4.69, 9.17) is 4.74 Å². The SMILES string of the molecule is O=C(Nc1ncn(Cc2cccnc2)n1)C1CCCO1. The number of hydrogen-bond acceptors (Lipinski definition) is 5. The molecule has 2 aromatic heterocycles. The van der Waals surface area contributed by atoms with Crippen LogP contribution in [0.15, 0.2) is 30.9 Å². The third-order valence-corrected chi connectivity index (χ3v) is 3.06. The summed E-state index contributed by atoms with van der Waals surface area (Å²) in [5.74, 6) is 0.121. The second-order valence-electron chi connectivity index (χ2n) is 4.62. The zero-order valence-electron chi connectivity index (χ0n) is 10.9. The number of anilines is 1. The van der Waals surface area contributed by atoms with Crippen molar-refractivity contribution in [1.82, 2.24) is 19.7 Å². The zero-order valence-corrected chi connectivity index (χ0v) is 10.9. The topological polar surface area (TPSA) is 81.9 Å². The van der Waals surface area contributed by atoms with Gasteiger partial charge in [0.25, 0.3) is 5.91 Å². The maximum Gasteiger partial charge on any atom is 0.255 e. The average molecular weight is 273 g/mol. The van der Waals surface area contributed by atoms with Gasteiger partial charge in [-0.1, -0.05) is 6.07 Å². The van der Waals surface area contributed by atoms with Crippen LogP contribution in [0.25, 0.3) is 0 Å². The highest BCUT2D eigenvalue weighted by molar-refractivity contribution is 5.92. The predicted octanol–water partition coefficient (Wildman–Crippen LogP) is 0.839. The molecule has 1 atom stereocenters. The van der Waals surface area contributed by atoms with Gasteiger partial charge in [0.2, 0.25) is 5.95 Å². The number of amides is 1. The molecule has 3 rings (SSSR count). The molecule has 1 fully saturated rings. The molecule has 7 heteroatoms. The van der Waals surface area contributed by atoms with Crippen LogP contribution < -0.4 is 5.32 Å². The molecular formula is C13H15N5O2. The largest absolute Gasteiger partial charge is 0.368 e. The molecule has 0 aromatic carbocycles. The molecule has 0 radical (unpaired) electrons. The summed E-state index contributed by atoms with van der Waals surface area (Å²) in [7, 11) is 0. The van der Waals surface area contributed by atoms with Crippen molar-refractivity contribution in [1.29, 1.82) is 0 Å². The Morgan fingerprint density at radius 3 is 3.25 bits per heavy atom. The highest BCUT2D eigenvalue weighted by atomic mass is 16.5. The van der Waals surface area contributed by atoms with Crippen LogP contribution in [0.5, 0.6) is 0 Å². The van der Waals surface area contributed by atoms with E-state index in [0.29, 0.717) is 19.1 Å². The number of ether oxygens (including phenoxy) is 1. The number of pyridine rings is 1. The molecule has 20 heavy (non-hydrogen) atoms. The summed E-state index contributed by atoms with van der Waals surface area (Å²) < 4.78 is 6.96. The lowest BCUT2D eigenvalue weighted by molar-refractivity contribution is -0.124. The second kappa shape index (κ2) is 5.79. The van der Waals surface area contributed by atoms with Crippen LogP contribution in [0.3, 0.4) is 0 Å². The minimum Gasteiger partial charge on any atom is -0.368 e. The van der Waals surface area contributed by atoms with Crippen LogP contribution in [-0.2, 0) is 16.1 Å². The van der Waals surface area contributed by atoms with Crippen LogP contribution in [0, 0.1) is 0 Å². The van der Waals surface area contributed by atoms with Crippen molar-refractivity contribution in [2.24, 2.45) is 0 Å². The van der Waals surface area contributed by atoms with Gasteiger partial charge in [-0.25, -0.2) is 9.67 Å². The standard InChI is InChI=1S/C13H15N5O2/c19-12(11-4-2-6-20-11)16-13-15-9-18(17-13)8-10-3-1-5-14-7-10/h1,3,5,7,9,11H,2,4,6,8H2,(H,16,17,19). The number of carbonyl (C=O) groups is 1. The van der Waals surface area contributed by atoms with Crippen molar-refractivity contribution in [3.05, 3.63) is 36.4 Å². The van der Waals surface area contributed by atoms with Gasteiger partial charge in [-0.15, -0.1) is 5.10 Å². The smallest absolute Gasteiger partial charge is 0.255 e. The van der Waals surface area contributed by atoms with Gasteiger partial charge in [0, 0.05) is 19.0 Å². The van der Waals surface area contributed by atoms with Gasteiger partial charge in [-0.2, -0.15) is 0 Å². The van der Waals surface area contributed by atoms with Crippen molar-refractivity contribution in [3.8, 4) is 0 Å². The summed E-state index contributed by atoms with van der Waals surface area (Å²) in [4.78, 5) is 20.0. The fourth-order valence-corrected chi connectivity index (χ4v) is 2.08. The first kappa shape index (κ1) is 12.7. The molecule has 0 saturated carbocycles. The van der Waals surface area contributed by atoms with Crippen molar-refractivity contribution in [2.75, 3.05) is 11.9 Å². The molecule has 0 aliphatic carbocycles. The van der Waals surface area contributed by atoms with Crippen LogP contribution >= 0.6 is 0 Å². The molecule has 1 amide bonds. The Bertz CT molecular complexity index is 577. The molecule has 104 valence electrons. The van der Waals surface area contributed by atoms with E-state index in [1.54, 1.807) is 23.4 Å². The van der Waals surface area contributed by atoms with Crippen molar-refractivity contribution >= 4 is 11.9 Å². The summed E-state index contributed by atoms with van der Waals surface area (Å²) in [5, 5.41) is 6.87. The van der Waals surface area contributed by atoms with E-state index >= 15 is 0 Å². The Morgan fingerprint density at radius 2 is 2.50 bits per heavy atom. The van der Waals surface area contributed by atoms with E-state index in [1.807, 2.05) is 12.1 Å². The molecule has 2 aromatic rings. The van der Waals surface area contributed by atoms with E-state index in [-0.39, 0.29) is 12.0 Å². The fraction of sp³-hybridized carbons (Fsp3) is 0.385. The number of nitrogens with one attached hydrogen (secondary N) is 1. The first-order valence-electron chi connectivity index (χ1n) is 6.52. The Morgan fingerprint density at radius 1 is 1.55 bits per heavy atom. The summed E-state index contributed by atoms with van der Waals surface area (Å²) in [6.07, 6.45) is 6.37. The molecule has 1 aliphatic rings. The van der Waals surface area contributed by atoms with Crippen molar-refractivity contribution in [2.45, 2.75) is 25.5 Å². The summed E-state index contributed by atoms with van der Waals surface area (Å²) >= 11 is 0. The third kappa shape index (κ3) is 3.00. The van der Waals surface area contributed by atoms with Gasteiger partial charge in [0.05, 0.1) is 6.54 Å². The molecule has 0 bridgehead atoms. The first-order valence-corrected chi connectivity index (χ1v) is 6.52. The van der Waals surface area contributed by atoms with Crippen LogP contribution in [-0.4, -0.2) is 38.4 Å². The van der Waals surface area contributed by atoms with Crippen LogP contribution in [0.2, 0.25) is 0 Å². The lowest BCUT2D eigenvalue weighted by Crippen LogP contribution is -2.27. The minimum absolute atomic E-state index is 0.179. The number of nitrogens with zero attached hydrogens (tertiary/aromatic N) is 4. The predicted molar refractivity (Wildman–Crippen MR) is 71.0 cm³/mol. The van der Waals surface area contributed by atoms with Gasteiger partial charge >= 0.3 is 0 Å². The Hall–Kier alpha value is -2.28. The lowest BCUT2D eigenvalue weighted by atomic mass is 10.2. The van der Waals surface area contributed by atoms with Gasteiger partial charge in [0.1, 0.15) is 12.4 Å². The molecule has 7 nitrogen and oxygen atoms in total. The molecule has 1 aliphatic heterocycles. The second-order valence-corrected chi connectivity index (χ2v) is 4.62. The van der Waals surface area contributed by atoms with Gasteiger partial charge in [-0.05, 0) is 24.5 Å². The maximum absolute atomic E-state index is 11.8. The Kier molecular flexibility index (Phi) is 3.69. The monoisotopic (exact) mass is 273 g/mol. The summed E-state index contributed by atoms with van der Waals surface area (Å²) in [6.45, 7) is 1.21. The van der Waals surface area contributed by atoms with Gasteiger partial charge in [0.15, 0.2) is 0 Å². The Balaban J connectivity index is 1.60. The minimum atomic E-state index is -0.375. The van der Waals surface area contributed by atoms with E-state index < -0.39 is 0 Å². The van der Waals surface area contributed by atoms with Gasteiger partial charge in [-0.3, -0.25) is 15.1 Å². The molecule has 1 N–H and O–H groups in total. The molecular weight excluding hydrogens is 258 g/mol. The number of rotatable bonds is 4. The number of hydrogen-bond donors (Lipinski definition) is 1. The molecule has 0 spiro atoms. The van der Waals surface area contributed by atoms with E-state index in [2.05, 4.69) is 20.4 Å². The van der Waals surface area contributed by atoms with Gasteiger partial charge < -0.3 is 4.74 Å². The normalized spacial score (nSPS) is 18.1. The molecule has 3 heterocycles. The third-order valence-electron chi connectivity index (χ3n) is 3.06. The van der Waals surface area contributed by atoms with Crippen LogP contribution in [0.4, 0.5) is 5.95 Å². The fourth-order valence-electron chi connectivity index (χ4n) is 2.08. The highest BCUT2D eigenvalue weighted by Gasteiger charge is 2.24. The maximum atomic E-state index is 11.8. The highest BCUT2D eigenvalue weighted by Crippen LogP contribution is 2.13. The summed E-state index contributed by atoms with van der Waals surface area (Å²) in [5.41, 5.74) is 1.02. The zero-order chi connectivity index (χ0) is 13.8. The quantitative estimate of drug-likeness (QED) is 0.892. The van der Waals surface area contributed by atoms with Crippen molar-refractivity contribution < 1.29 is 9.53 Å². The number of carbonyl (C=O) groups excluding carboxylic acids is 1. The first-order chi connectivity index (χ1) is 9.81. The van der Waals surface area contributed by atoms with Crippen LogP contribution in [0.1, 0.15) is 18.4 Å². The van der Waals surface area contributed by atoms with Crippen molar-refractivity contribution in [3.63, 3.8) is 0 Å². The van der Waals surface area contributed by atoms with E-state index in [9.17, 15) is 4.79 Å². The van der Waals surface area contributed by atoms with E-state index in [0.717, 1.165) is 18.4 Å². The lowest BCUT2D eigenvalue weighted by Gasteiger charge is -2.07. The molecule has 1 saturated heterocycles. The number of aromatic nitrogens is 4. The van der Waals surface area contributed by atoms with E-state index in [1.165, 1.54) is 0 Å². The molecule has 1 unspecified atom stereocenters. The summed E-state index contributed by atoms with van der Waals surface area (Å²) in [6, 6.07) is 3.83. The Labute approximate surface area is 116 Å².